The summed E-state index contributed by atoms with van der Waals surface area (Å²) in [6.45, 7) is 5.73. The first-order valence-electron chi connectivity index (χ1n) is 10.8. The summed E-state index contributed by atoms with van der Waals surface area (Å²) < 4.78 is 3.59. The Balaban J connectivity index is 0.000000590. The van der Waals surface area contributed by atoms with Crippen LogP contribution >= 0.6 is 12.8 Å². The van der Waals surface area contributed by atoms with Gasteiger partial charge in [-0.15, -0.1) is 0 Å². The normalized spacial score (nSPS) is 21.0. The van der Waals surface area contributed by atoms with Crippen molar-refractivity contribution in [3.05, 3.63) is 29.8 Å². The highest BCUT2D eigenvalue weighted by molar-refractivity contribution is 7.78. The molecule has 30 heavy (non-hydrogen) atoms. The molecule has 3 aliphatic rings. The van der Waals surface area contributed by atoms with Gasteiger partial charge in [-0.25, -0.2) is 9.39 Å². The van der Waals surface area contributed by atoms with E-state index in [-0.39, 0.29) is 0 Å². The number of piperidine rings is 2. The van der Waals surface area contributed by atoms with Crippen LogP contribution in [0.1, 0.15) is 31.2 Å². The van der Waals surface area contributed by atoms with E-state index in [4.69, 9.17) is 5.11 Å². The number of thiol groups is 1. The standard InChI is InChI=1S/C19H27N5S.C2H7N.CH4O/c25-22-14-20-15-23-9-5-16(6-10-23)24-11-7-19(8-12-24)13-21-18-4-2-1-3-17(18)19;1-3-2;1-2/h1-4,14-16,21,25H,5-13H2;3H,1-2H3;2H,1H3/b20-15?,22-14-;;. The number of benzene rings is 1. The molecule has 0 radical (unpaired) electrons. The number of hydrogen-bond donors (Lipinski definition) is 4. The summed E-state index contributed by atoms with van der Waals surface area (Å²) in [5.74, 6) is 0. The van der Waals surface area contributed by atoms with Gasteiger partial charge in [0.15, 0.2) is 0 Å². The molecule has 0 unspecified atom stereocenters. The number of aliphatic imine (C=N–C) groups is 1. The molecule has 3 N–H and O–H groups in total. The smallest absolute Gasteiger partial charge is 0.125 e. The molecule has 0 saturated carbocycles. The van der Waals surface area contributed by atoms with Gasteiger partial charge in [0.2, 0.25) is 0 Å². The number of nitrogens with zero attached hydrogens (tertiary/aromatic N) is 4. The Kier molecular flexibility index (Phi) is 10.6. The lowest BCUT2D eigenvalue weighted by molar-refractivity contribution is 0.0884. The second kappa shape index (κ2) is 12.9. The highest BCUT2D eigenvalue weighted by Crippen LogP contribution is 2.44. The van der Waals surface area contributed by atoms with E-state index in [0.29, 0.717) is 5.41 Å². The monoisotopic (exact) mass is 434 g/mol. The Morgan fingerprint density at radius 2 is 1.77 bits per heavy atom. The van der Waals surface area contributed by atoms with Gasteiger partial charge in [0.25, 0.3) is 0 Å². The van der Waals surface area contributed by atoms with Gasteiger partial charge >= 0.3 is 0 Å². The maximum Gasteiger partial charge on any atom is 0.125 e. The van der Waals surface area contributed by atoms with Crippen LogP contribution in [0.25, 0.3) is 0 Å². The number of hydrogen-bond acceptors (Lipinski definition) is 6. The van der Waals surface area contributed by atoms with Gasteiger partial charge < -0.3 is 25.5 Å². The highest BCUT2D eigenvalue weighted by atomic mass is 32.1. The summed E-state index contributed by atoms with van der Waals surface area (Å²) in [5, 5.41) is 13.4. The van der Waals surface area contributed by atoms with Gasteiger partial charge in [0.1, 0.15) is 6.34 Å². The van der Waals surface area contributed by atoms with Gasteiger partial charge in [0.05, 0.1) is 6.34 Å². The SMILES string of the molecule is CNC.CO.S/N=C\N=CN1CCC(N2CCC3(CC2)CNc2ccccc23)CC1. The van der Waals surface area contributed by atoms with E-state index in [2.05, 4.69) is 66.9 Å². The molecule has 3 heterocycles. The fourth-order valence-corrected chi connectivity index (χ4v) is 4.80. The average molecular weight is 435 g/mol. The lowest BCUT2D eigenvalue weighted by Crippen LogP contribution is -2.51. The Morgan fingerprint density at radius 3 is 2.40 bits per heavy atom. The third-order valence-corrected chi connectivity index (χ3v) is 6.34. The molecule has 3 aliphatic heterocycles. The maximum absolute atomic E-state index is 7.00. The molecule has 2 fully saturated rings. The third-order valence-electron chi connectivity index (χ3n) is 6.23. The molecule has 1 spiro atoms. The molecule has 0 bridgehead atoms. The summed E-state index contributed by atoms with van der Waals surface area (Å²) in [6.07, 6.45) is 8.38. The molecule has 4 rings (SSSR count). The zero-order chi connectivity index (χ0) is 21.8. The number of aliphatic hydroxyl groups excluding tert-OH is 1. The average Bonchev–Trinajstić information content (AvgIpc) is 3.15. The third kappa shape index (κ3) is 6.20. The summed E-state index contributed by atoms with van der Waals surface area (Å²) in [7, 11) is 4.75. The van der Waals surface area contributed by atoms with E-state index >= 15 is 0 Å². The zero-order valence-electron chi connectivity index (χ0n) is 18.6. The number of likely N-dealkylation sites (tertiary alicyclic amines) is 2. The van der Waals surface area contributed by atoms with Crippen LogP contribution in [0.2, 0.25) is 0 Å². The van der Waals surface area contributed by atoms with Gasteiger partial charge in [-0.05, 0) is 77.3 Å². The van der Waals surface area contributed by atoms with Crippen molar-refractivity contribution in [2.45, 2.75) is 37.1 Å². The molecule has 7 nitrogen and oxygen atoms in total. The lowest BCUT2D eigenvalue weighted by Gasteiger charge is -2.45. The topological polar surface area (TPSA) is 75.5 Å². The second-order valence-electron chi connectivity index (χ2n) is 7.98. The first-order valence-corrected chi connectivity index (χ1v) is 11.2. The molecule has 8 heteroatoms. The fraction of sp³-hybridized carbons (Fsp3) is 0.636. The number of rotatable bonds is 3. The molecule has 2 saturated heterocycles. The van der Waals surface area contributed by atoms with Crippen molar-refractivity contribution in [3.63, 3.8) is 0 Å². The van der Waals surface area contributed by atoms with E-state index in [1.807, 2.05) is 20.4 Å². The first kappa shape index (κ1) is 24.7. The molecule has 0 aromatic heterocycles. The van der Waals surface area contributed by atoms with Gasteiger partial charge in [-0.3, -0.25) is 0 Å². The first-order chi connectivity index (χ1) is 14.7. The largest absolute Gasteiger partial charge is 0.400 e. The summed E-state index contributed by atoms with van der Waals surface area (Å²) in [5.41, 5.74) is 3.27. The van der Waals surface area contributed by atoms with E-state index in [1.54, 1.807) is 5.56 Å². The molecule has 1 aromatic rings. The van der Waals surface area contributed by atoms with Crippen LogP contribution in [0.3, 0.4) is 0 Å². The van der Waals surface area contributed by atoms with Gasteiger partial charge in [-0.2, -0.15) is 0 Å². The quantitative estimate of drug-likeness (QED) is 0.334. The second-order valence-corrected chi connectivity index (χ2v) is 8.21. The van der Waals surface area contributed by atoms with E-state index in [0.717, 1.165) is 32.8 Å². The summed E-state index contributed by atoms with van der Waals surface area (Å²) in [6, 6.07) is 9.61. The number of fused-ring (bicyclic) bond motifs is 2. The zero-order valence-corrected chi connectivity index (χ0v) is 19.5. The Labute approximate surface area is 187 Å². The Bertz CT molecular complexity index is 667. The van der Waals surface area contributed by atoms with E-state index in [1.165, 1.54) is 50.8 Å². The van der Waals surface area contributed by atoms with Crippen LogP contribution in [0.15, 0.2) is 33.7 Å². The van der Waals surface area contributed by atoms with Gasteiger partial charge in [-0.1, -0.05) is 18.2 Å². The molecule has 1 aromatic carbocycles. The minimum absolute atomic E-state index is 0.368. The minimum atomic E-state index is 0.368. The van der Waals surface area contributed by atoms with Crippen molar-refractivity contribution in [2.75, 3.05) is 59.2 Å². The number of para-hydroxylation sites is 1. The van der Waals surface area contributed by atoms with Crippen LogP contribution < -0.4 is 10.6 Å². The van der Waals surface area contributed by atoms with Gasteiger partial charge in [0, 0.05) is 43.9 Å². The summed E-state index contributed by atoms with van der Waals surface area (Å²) >= 11 is 3.78. The van der Waals surface area contributed by atoms with E-state index in [9.17, 15) is 0 Å². The summed E-state index contributed by atoms with van der Waals surface area (Å²) in [4.78, 5) is 9.15. The van der Waals surface area contributed by atoms with Crippen molar-refractivity contribution < 1.29 is 5.11 Å². The number of aliphatic hydroxyl groups is 1. The van der Waals surface area contributed by atoms with Crippen molar-refractivity contribution in [1.29, 1.82) is 0 Å². The molecular formula is C22H38N6OS. The van der Waals surface area contributed by atoms with Crippen LogP contribution in [-0.2, 0) is 5.41 Å². The number of nitrogens with one attached hydrogen (secondary N) is 2. The maximum atomic E-state index is 7.00. The molecule has 0 aliphatic carbocycles. The van der Waals surface area contributed by atoms with Crippen molar-refractivity contribution in [3.8, 4) is 0 Å². The Morgan fingerprint density at radius 1 is 1.13 bits per heavy atom. The molecule has 0 amide bonds. The van der Waals surface area contributed by atoms with Crippen molar-refractivity contribution in [2.24, 2.45) is 9.39 Å². The lowest BCUT2D eigenvalue weighted by atomic mass is 9.74. The fourth-order valence-electron chi connectivity index (χ4n) is 4.74. The van der Waals surface area contributed by atoms with Crippen LogP contribution in [0.5, 0.6) is 0 Å². The van der Waals surface area contributed by atoms with E-state index < -0.39 is 0 Å². The van der Waals surface area contributed by atoms with Crippen molar-refractivity contribution in [1.82, 2.24) is 15.1 Å². The van der Waals surface area contributed by atoms with Crippen LogP contribution in [0.4, 0.5) is 5.69 Å². The Hall–Kier alpha value is -1.61. The molecular weight excluding hydrogens is 396 g/mol. The minimum Gasteiger partial charge on any atom is -0.400 e. The highest BCUT2D eigenvalue weighted by Gasteiger charge is 2.42. The molecule has 0 atom stereocenters. The predicted molar refractivity (Wildman–Crippen MR) is 131 cm³/mol. The predicted octanol–water partition coefficient (Wildman–Crippen LogP) is 2.26. The number of anilines is 1. The van der Waals surface area contributed by atoms with Crippen LogP contribution in [0, 0.1) is 0 Å². The molecule has 168 valence electrons. The van der Waals surface area contributed by atoms with Crippen LogP contribution in [-0.4, -0.2) is 87.6 Å². The van der Waals surface area contributed by atoms with Crippen molar-refractivity contribution >= 4 is 31.2 Å².